The van der Waals surface area contributed by atoms with Crippen molar-refractivity contribution in [2.24, 2.45) is 5.92 Å². The summed E-state index contributed by atoms with van der Waals surface area (Å²) in [5, 5.41) is 0. The van der Waals surface area contributed by atoms with Gasteiger partial charge in [-0.3, -0.25) is 9.59 Å². The molecule has 0 aliphatic carbocycles. The zero-order valence-electron chi connectivity index (χ0n) is 12.1. The zero-order valence-corrected chi connectivity index (χ0v) is 13.7. The first-order chi connectivity index (χ1) is 9.51. The molecule has 1 aliphatic rings. The van der Waals surface area contributed by atoms with Crippen molar-refractivity contribution in [1.82, 2.24) is 4.90 Å². The largest absolute Gasteiger partial charge is 0.479 e. The number of amides is 1. The zero-order chi connectivity index (χ0) is 15.1. The molecule has 0 N–H and O–H groups in total. The molecule has 1 saturated heterocycles. The van der Waals surface area contributed by atoms with Crippen LogP contribution in [0, 0.1) is 5.92 Å². The molecule has 1 rings (SSSR count). The van der Waals surface area contributed by atoms with Gasteiger partial charge in [0.1, 0.15) is 0 Å². The molecule has 1 aliphatic heterocycles. The Balaban J connectivity index is 2.71. The number of carbonyl (C=O) groups is 2. The van der Waals surface area contributed by atoms with Gasteiger partial charge in [0.2, 0.25) is 10.3 Å². The monoisotopic (exact) mass is 319 g/mol. The van der Waals surface area contributed by atoms with Crippen LogP contribution in [0.25, 0.3) is 0 Å². The van der Waals surface area contributed by atoms with Crippen molar-refractivity contribution in [1.29, 1.82) is 0 Å². The minimum atomic E-state index is -0.376. The minimum absolute atomic E-state index is 0.0914. The first-order valence-electron chi connectivity index (χ1n) is 6.68. The van der Waals surface area contributed by atoms with Crippen LogP contribution >= 0.6 is 24.0 Å². The lowest BCUT2D eigenvalue weighted by atomic mass is 10.0. The standard InChI is InChI=1S/C13H21NO4S2/c1-4-18-13(19)20-8-10(9(2)12(16)17-3)14-7-5-6-11(14)15/h9-10H,4-8H2,1-3H3. The third-order valence-electron chi connectivity index (χ3n) is 3.29. The van der Waals surface area contributed by atoms with E-state index in [1.807, 2.05) is 6.92 Å². The molecule has 0 aromatic carbocycles. The van der Waals surface area contributed by atoms with Crippen molar-refractivity contribution in [2.75, 3.05) is 26.0 Å². The number of esters is 1. The maximum Gasteiger partial charge on any atom is 0.310 e. The lowest BCUT2D eigenvalue weighted by Gasteiger charge is -2.31. The van der Waals surface area contributed by atoms with Crippen molar-refractivity contribution >= 4 is 40.2 Å². The molecule has 2 atom stereocenters. The van der Waals surface area contributed by atoms with E-state index < -0.39 is 0 Å². The molecule has 0 spiro atoms. The van der Waals surface area contributed by atoms with Crippen LogP contribution < -0.4 is 0 Å². The van der Waals surface area contributed by atoms with Gasteiger partial charge in [0.25, 0.3) is 0 Å². The van der Waals surface area contributed by atoms with Crippen LogP contribution in [0.3, 0.4) is 0 Å². The number of methoxy groups -OCH3 is 1. The maximum absolute atomic E-state index is 11.9. The van der Waals surface area contributed by atoms with Crippen molar-refractivity contribution in [3.05, 3.63) is 0 Å². The van der Waals surface area contributed by atoms with Gasteiger partial charge in [0.05, 0.1) is 25.7 Å². The van der Waals surface area contributed by atoms with E-state index in [0.29, 0.717) is 29.7 Å². The molecule has 114 valence electrons. The van der Waals surface area contributed by atoms with Gasteiger partial charge in [-0.15, -0.1) is 0 Å². The Morgan fingerprint density at radius 1 is 1.55 bits per heavy atom. The van der Waals surface area contributed by atoms with Gasteiger partial charge in [0.15, 0.2) is 0 Å². The highest BCUT2D eigenvalue weighted by molar-refractivity contribution is 8.22. The molecule has 0 saturated carbocycles. The summed E-state index contributed by atoms with van der Waals surface area (Å²) >= 11 is 6.44. The van der Waals surface area contributed by atoms with Gasteiger partial charge in [-0.05, 0) is 32.5 Å². The number of carbonyl (C=O) groups excluding carboxylic acids is 2. The summed E-state index contributed by atoms with van der Waals surface area (Å²) in [6.07, 6.45) is 1.38. The Labute approximate surface area is 129 Å². The number of ether oxygens (including phenoxy) is 2. The Kier molecular flexibility index (Phi) is 7.29. The molecule has 7 heteroatoms. The van der Waals surface area contributed by atoms with Crippen LogP contribution in [0.4, 0.5) is 0 Å². The normalized spacial score (nSPS) is 17.8. The molecule has 0 aromatic rings. The van der Waals surface area contributed by atoms with Crippen LogP contribution in [0.15, 0.2) is 0 Å². The van der Waals surface area contributed by atoms with E-state index in [1.54, 1.807) is 11.8 Å². The molecule has 1 heterocycles. The van der Waals surface area contributed by atoms with Gasteiger partial charge in [0, 0.05) is 18.7 Å². The van der Waals surface area contributed by atoms with E-state index in [9.17, 15) is 9.59 Å². The van der Waals surface area contributed by atoms with Crippen molar-refractivity contribution in [3.8, 4) is 0 Å². The third-order valence-corrected chi connectivity index (χ3v) is 4.63. The fraction of sp³-hybridized carbons (Fsp3) is 0.769. The average Bonchev–Trinajstić information content (AvgIpc) is 2.84. The number of likely N-dealkylation sites (tertiary alicyclic amines) is 1. The summed E-state index contributed by atoms with van der Waals surface area (Å²) < 4.78 is 10.5. The number of thiocarbonyl (C=S) groups is 1. The van der Waals surface area contributed by atoms with Crippen molar-refractivity contribution in [2.45, 2.75) is 32.7 Å². The van der Waals surface area contributed by atoms with Crippen LogP contribution in [0.5, 0.6) is 0 Å². The Morgan fingerprint density at radius 2 is 2.25 bits per heavy atom. The quantitative estimate of drug-likeness (QED) is 0.550. The summed E-state index contributed by atoms with van der Waals surface area (Å²) in [7, 11) is 1.36. The Hall–Kier alpha value is -0.820. The molecule has 20 heavy (non-hydrogen) atoms. The maximum atomic E-state index is 11.9. The number of nitrogens with zero attached hydrogens (tertiary/aromatic N) is 1. The van der Waals surface area contributed by atoms with Gasteiger partial charge < -0.3 is 14.4 Å². The van der Waals surface area contributed by atoms with Gasteiger partial charge in [-0.25, -0.2) is 0 Å². The van der Waals surface area contributed by atoms with E-state index in [2.05, 4.69) is 0 Å². The van der Waals surface area contributed by atoms with E-state index in [1.165, 1.54) is 18.9 Å². The topological polar surface area (TPSA) is 55.8 Å². The van der Waals surface area contributed by atoms with Crippen LogP contribution in [-0.2, 0) is 19.1 Å². The Morgan fingerprint density at radius 3 is 2.75 bits per heavy atom. The molecule has 0 aromatic heterocycles. The molecule has 1 fully saturated rings. The first kappa shape index (κ1) is 17.2. The second kappa shape index (κ2) is 8.46. The van der Waals surface area contributed by atoms with E-state index >= 15 is 0 Å². The lowest BCUT2D eigenvalue weighted by molar-refractivity contribution is -0.147. The van der Waals surface area contributed by atoms with Crippen LogP contribution in [0.2, 0.25) is 0 Å². The molecule has 0 radical (unpaired) electrons. The number of hydrogen-bond acceptors (Lipinski definition) is 6. The summed E-state index contributed by atoms with van der Waals surface area (Å²) in [6, 6.07) is -0.208. The summed E-state index contributed by atoms with van der Waals surface area (Å²) in [5.74, 6) is -0.0498. The molecule has 5 nitrogen and oxygen atoms in total. The summed E-state index contributed by atoms with van der Waals surface area (Å²) in [6.45, 7) is 4.86. The van der Waals surface area contributed by atoms with E-state index in [4.69, 9.17) is 21.7 Å². The SMILES string of the molecule is CCOC(=S)SCC(C(C)C(=O)OC)N1CCCC1=O. The minimum Gasteiger partial charge on any atom is -0.479 e. The molecule has 0 bridgehead atoms. The highest BCUT2D eigenvalue weighted by Gasteiger charge is 2.35. The predicted molar refractivity (Wildman–Crippen MR) is 82.6 cm³/mol. The van der Waals surface area contributed by atoms with Gasteiger partial charge >= 0.3 is 5.97 Å². The second-order valence-electron chi connectivity index (χ2n) is 4.56. The Bertz CT molecular complexity index is 375. The second-order valence-corrected chi connectivity index (χ2v) is 6.19. The van der Waals surface area contributed by atoms with E-state index in [-0.39, 0.29) is 23.8 Å². The number of hydrogen-bond donors (Lipinski definition) is 0. The summed E-state index contributed by atoms with van der Waals surface area (Å²) in [5.41, 5.74) is 0. The van der Waals surface area contributed by atoms with Crippen LogP contribution in [0.1, 0.15) is 26.7 Å². The van der Waals surface area contributed by atoms with Crippen molar-refractivity contribution < 1.29 is 19.1 Å². The first-order valence-corrected chi connectivity index (χ1v) is 8.07. The number of rotatable bonds is 6. The highest BCUT2D eigenvalue weighted by atomic mass is 32.2. The molecular formula is C13H21NO4S2. The lowest BCUT2D eigenvalue weighted by Crippen LogP contribution is -2.45. The summed E-state index contributed by atoms with van der Waals surface area (Å²) in [4.78, 5) is 25.4. The molecular weight excluding hydrogens is 298 g/mol. The third kappa shape index (κ3) is 4.63. The van der Waals surface area contributed by atoms with Crippen LogP contribution in [-0.4, -0.2) is 53.2 Å². The number of thioether (sulfide) groups is 1. The van der Waals surface area contributed by atoms with E-state index in [0.717, 1.165) is 6.42 Å². The smallest absolute Gasteiger partial charge is 0.310 e. The molecule has 2 unspecified atom stereocenters. The average molecular weight is 319 g/mol. The fourth-order valence-electron chi connectivity index (χ4n) is 2.18. The van der Waals surface area contributed by atoms with Gasteiger partial charge in [-0.1, -0.05) is 11.8 Å². The molecule has 1 amide bonds. The predicted octanol–water partition coefficient (Wildman–Crippen LogP) is 1.84. The van der Waals surface area contributed by atoms with Crippen molar-refractivity contribution in [3.63, 3.8) is 0 Å². The highest BCUT2D eigenvalue weighted by Crippen LogP contribution is 2.24. The fourth-order valence-corrected chi connectivity index (χ4v) is 3.48. The van der Waals surface area contributed by atoms with Gasteiger partial charge in [-0.2, -0.15) is 0 Å².